The van der Waals surface area contributed by atoms with Crippen LogP contribution in [0.25, 0.3) is 10.2 Å². The summed E-state index contributed by atoms with van der Waals surface area (Å²) in [6, 6.07) is 12.6. The minimum Gasteiger partial charge on any atom is -0.355 e. The summed E-state index contributed by atoms with van der Waals surface area (Å²) in [6.45, 7) is 0.400. The Morgan fingerprint density at radius 1 is 1.12 bits per heavy atom. The van der Waals surface area contributed by atoms with Gasteiger partial charge in [0.2, 0.25) is 5.91 Å². The fraction of sp³-hybridized carbons (Fsp3) is 0.222. The molecule has 7 heteroatoms. The van der Waals surface area contributed by atoms with Crippen LogP contribution in [-0.2, 0) is 23.8 Å². The van der Waals surface area contributed by atoms with Crippen molar-refractivity contribution >= 4 is 27.5 Å². The molecule has 1 N–H and O–H groups in total. The van der Waals surface area contributed by atoms with Crippen LogP contribution in [0.1, 0.15) is 16.1 Å². The molecule has 0 aliphatic heterocycles. The SMILES string of the molecule is O=C(Cc1cccc(C(F)(F)F)c1)NCCc1nc2ccccc2s1. The van der Waals surface area contributed by atoms with Crippen LogP contribution in [0.5, 0.6) is 0 Å². The summed E-state index contributed by atoms with van der Waals surface area (Å²) in [5.74, 6) is -0.305. The highest BCUT2D eigenvalue weighted by Crippen LogP contribution is 2.29. The van der Waals surface area contributed by atoms with E-state index in [0.717, 1.165) is 27.4 Å². The van der Waals surface area contributed by atoms with Crippen LogP contribution in [0, 0.1) is 0 Å². The van der Waals surface area contributed by atoms with Crippen LogP contribution in [0.2, 0.25) is 0 Å². The number of alkyl halides is 3. The van der Waals surface area contributed by atoms with Gasteiger partial charge in [-0.3, -0.25) is 4.79 Å². The molecule has 2 aromatic carbocycles. The molecule has 3 rings (SSSR count). The van der Waals surface area contributed by atoms with Crippen molar-refractivity contribution in [2.24, 2.45) is 0 Å². The van der Waals surface area contributed by atoms with Crippen molar-refractivity contribution in [1.29, 1.82) is 0 Å². The van der Waals surface area contributed by atoms with E-state index < -0.39 is 11.7 Å². The van der Waals surface area contributed by atoms with Gasteiger partial charge in [0, 0.05) is 13.0 Å². The van der Waals surface area contributed by atoms with Crippen LogP contribution in [0.15, 0.2) is 48.5 Å². The fourth-order valence-electron chi connectivity index (χ4n) is 2.44. The molecule has 0 radical (unpaired) electrons. The molecule has 0 atom stereocenters. The number of nitrogens with zero attached hydrogens (tertiary/aromatic N) is 1. The van der Waals surface area contributed by atoms with Gasteiger partial charge in [-0.15, -0.1) is 11.3 Å². The molecule has 130 valence electrons. The Morgan fingerprint density at radius 3 is 2.68 bits per heavy atom. The number of amides is 1. The van der Waals surface area contributed by atoms with Gasteiger partial charge in [0.15, 0.2) is 0 Å². The number of thiazole rings is 1. The molecule has 25 heavy (non-hydrogen) atoms. The van der Waals surface area contributed by atoms with Crippen LogP contribution in [-0.4, -0.2) is 17.4 Å². The number of nitrogens with one attached hydrogen (secondary N) is 1. The van der Waals surface area contributed by atoms with Gasteiger partial charge in [-0.05, 0) is 23.8 Å². The Labute approximate surface area is 146 Å². The van der Waals surface area contributed by atoms with E-state index in [1.54, 1.807) is 11.3 Å². The van der Waals surface area contributed by atoms with E-state index in [2.05, 4.69) is 10.3 Å². The van der Waals surface area contributed by atoms with Crippen molar-refractivity contribution in [2.45, 2.75) is 19.0 Å². The van der Waals surface area contributed by atoms with Gasteiger partial charge in [-0.25, -0.2) is 4.98 Å². The molecule has 0 fully saturated rings. The van der Waals surface area contributed by atoms with Crippen LogP contribution in [0.4, 0.5) is 13.2 Å². The highest BCUT2D eigenvalue weighted by atomic mass is 32.1. The molecule has 0 aliphatic carbocycles. The van der Waals surface area contributed by atoms with Crippen molar-refractivity contribution in [3.05, 3.63) is 64.7 Å². The zero-order valence-electron chi connectivity index (χ0n) is 13.1. The standard InChI is InChI=1S/C18H15F3N2OS/c19-18(20,21)13-5-3-4-12(10-13)11-16(24)22-9-8-17-23-14-6-1-2-7-15(14)25-17/h1-7,10H,8-9,11H2,(H,22,24). The second-order valence-corrected chi connectivity index (χ2v) is 6.67. The number of benzene rings is 2. The Balaban J connectivity index is 1.53. The Kier molecular flexibility index (Phi) is 5.03. The van der Waals surface area contributed by atoms with Crippen molar-refractivity contribution in [1.82, 2.24) is 10.3 Å². The zero-order chi connectivity index (χ0) is 17.9. The average molecular weight is 364 g/mol. The first-order valence-electron chi connectivity index (χ1n) is 7.69. The number of fused-ring (bicyclic) bond motifs is 1. The summed E-state index contributed by atoms with van der Waals surface area (Å²) in [7, 11) is 0. The highest BCUT2D eigenvalue weighted by molar-refractivity contribution is 7.18. The Bertz CT molecular complexity index is 856. The number of rotatable bonds is 5. The lowest BCUT2D eigenvalue weighted by Gasteiger charge is -2.09. The summed E-state index contributed by atoms with van der Waals surface area (Å²) in [5, 5.41) is 3.65. The maximum Gasteiger partial charge on any atom is 0.416 e. The van der Waals surface area contributed by atoms with E-state index >= 15 is 0 Å². The lowest BCUT2D eigenvalue weighted by atomic mass is 10.1. The van der Waals surface area contributed by atoms with Crippen LogP contribution < -0.4 is 5.32 Å². The third-order valence-corrected chi connectivity index (χ3v) is 4.71. The molecular formula is C18H15F3N2OS. The largest absolute Gasteiger partial charge is 0.416 e. The van der Waals surface area contributed by atoms with Crippen LogP contribution >= 0.6 is 11.3 Å². The van der Waals surface area contributed by atoms with Crippen molar-refractivity contribution < 1.29 is 18.0 Å². The molecule has 3 aromatic rings. The van der Waals surface area contributed by atoms with E-state index in [0.29, 0.717) is 18.5 Å². The van der Waals surface area contributed by atoms with Crippen molar-refractivity contribution in [3.63, 3.8) is 0 Å². The van der Waals surface area contributed by atoms with Gasteiger partial charge < -0.3 is 5.32 Å². The lowest BCUT2D eigenvalue weighted by Crippen LogP contribution is -2.27. The number of carbonyl (C=O) groups excluding carboxylic acids is 1. The molecular weight excluding hydrogens is 349 g/mol. The summed E-state index contributed by atoms with van der Waals surface area (Å²) in [6.07, 6.45) is -3.89. The first-order valence-corrected chi connectivity index (χ1v) is 8.51. The number of para-hydroxylation sites is 1. The number of hydrogen-bond acceptors (Lipinski definition) is 3. The second kappa shape index (κ2) is 7.23. The third kappa shape index (κ3) is 4.57. The van der Waals surface area contributed by atoms with E-state index in [9.17, 15) is 18.0 Å². The highest BCUT2D eigenvalue weighted by Gasteiger charge is 2.30. The quantitative estimate of drug-likeness (QED) is 0.737. The molecule has 1 heterocycles. The van der Waals surface area contributed by atoms with Crippen LogP contribution in [0.3, 0.4) is 0 Å². The van der Waals surface area contributed by atoms with E-state index in [1.165, 1.54) is 12.1 Å². The topological polar surface area (TPSA) is 42.0 Å². The number of aromatic nitrogens is 1. The number of carbonyl (C=O) groups is 1. The summed E-state index contributed by atoms with van der Waals surface area (Å²) < 4.78 is 39.1. The van der Waals surface area contributed by atoms with Gasteiger partial charge in [0.05, 0.1) is 27.2 Å². The molecule has 0 unspecified atom stereocenters. The third-order valence-electron chi connectivity index (χ3n) is 3.62. The molecule has 0 spiro atoms. The number of hydrogen-bond donors (Lipinski definition) is 1. The Morgan fingerprint density at radius 2 is 1.92 bits per heavy atom. The van der Waals surface area contributed by atoms with Gasteiger partial charge in [0.1, 0.15) is 0 Å². The molecule has 0 saturated carbocycles. The minimum absolute atomic E-state index is 0.0796. The van der Waals surface area contributed by atoms with E-state index in [4.69, 9.17) is 0 Å². The molecule has 0 saturated heterocycles. The predicted molar refractivity (Wildman–Crippen MR) is 91.5 cm³/mol. The minimum atomic E-state index is -4.40. The molecule has 1 aromatic heterocycles. The first-order chi connectivity index (χ1) is 11.9. The molecule has 3 nitrogen and oxygen atoms in total. The summed E-state index contributed by atoms with van der Waals surface area (Å²) in [4.78, 5) is 16.4. The predicted octanol–water partition coefficient (Wildman–Crippen LogP) is 4.22. The normalized spacial score (nSPS) is 11.6. The van der Waals surface area contributed by atoms with E-state index in [-0.39, 0.29) is 12.3 Å². The van der Waals surface area contributed by atoms with Gasteiger partial charge >= 0.3 is 6.18 Å². The summed E-state index contributed by atoms with van der Waals surface area (Å²) in [5.41, 5.74) is 0.525. The van der Waals surface area contributed by atoms with Gasteiger partial charge in [-0.2, -0.15) is 13.2 Å². The first kappa shape index (κ1) is 17.4. The second-order valence-electron chi connectivity index (χ2n) is 5.55. The molecule has 0 bridgehead atoms. The fourth-order valence-corrected chi connectivity index (χ4v) is 3.41. The smallest absolute Gasteiger partial charge is 0.355 e. The Hall–Kier alpha value is -2.41. The zero-order valence-corrected chi connectivity index (χ0v) is 14.0. The molecule has 0 aliphatic rings. The maximum absolute atomic E-state index is 12.7. The van der Waals surface area contributed by atoms with E-state index in [1.807, 2.05) is 24.3 Å². The molecule has 1 amide bonds. The van der Waals surface area contributed by atoms with Gasteiger partial charge in [0.25, 0.3) is 0 Å². The maximum atomic E-state index is 12.7. The average Bonchev–Trinajstić information content (AvgIpc) is 2.97. The summed E-state index contributed by atoms with van der Waals surface area (Å²) >= 11 is 1.57. The number of halogens is 3. The van der Waals surface area contributed by atoms with Crippen molar-refractivity contribution in [3.8, 4) is 0 Å². The monoisotopic (exact) mass is 364 g/mol. The van der Waals surface area contributed by atoms with Gasteiger partial charge in [-0.1, -0.05) is 30.3 Å². The lowest BCUT2D eigenvalue weighted by molar-refractivity contribution is -0.137. The van der Waals surface area contributed by atoms with Crippen molar-refractivity contribution in [2.75, 3.05) is 6.54 Å².